The van der Waals surface area contributed by atoms with Crippen LogP contribution in [0.3, 0.4) is 0 Å². The Morgan fingerprint density at radius 2 is 2.00 bits per heavy atom. The van der Waals surface area contributed by atoms with E-state index in [1.807, 2.05) is 20.2 Å². The lowest BCUT2D eigenvalue weighted by atomic mass is 9.75. The molecule has 0 saturated heterocycles. The van der Waals surface area contributed by atoms with Crippen LogP contribution in [0.2, 0.25) is 0 Å². The summed E-state index contributed by atoms with van der Waals surface area (Å²) < 4.78 is 10.9. The number of Topliss-reactive ketones (excluding diaryl/α,β-unsaturated/α-hetero) is 1. The number of nitrogens with zero attached hydrogens (tertiary/aromatic N) is 3. The normalized spacial score (nSPS) is 19.9. The SMILES string of the molecule is COc1ccc(OC)c([C@@H]2C(C#N)=C(N)N(N(C)C)C3=C2C(=O)CCC3)c1. The van der Waals surface area contributed by atoms with E-state index in [9.17, 15) is 10.1 Å². The molecule has 2 N–H and O–H groups in total. The Morgan fingerprint density at radius 3 is 2.59 bits per heavy atom. The quantitative estimate of drug-likeness (QED) is 0.871. The predicted octanol–water partition coefficient (Wildman–Crippen LogP) is 2.28. The second kappa shape index (κ2) is 7.33. The van der Waals surface area contributed by atoms with E-state index >= 15 is 0 Å². The highest BCUT2D eigenvalue weighted by Gasteiger charge is 2.41. The number of ether oxygens (including phenoxy) is 2. The van der Waals surface area contributed by atoms with Crippen LogP contribution in [-0.4, -0.2) is 44.1 Å². The molecule has 1 aromatic carbocycles. The molecular weight excluding hydrogens is 344 g/mol. The molecule has 0 bridgehead atoms. The molecule has 0 amide bonds. The van der Waals surface area contributed by atoms with Crippen LogP contribution in [0.5, 0.6) is 11.5 Å². The van der Waals surface area contributed by atoms with Crippen LogP contribution < -0.4 is 15.2 Å². The summed E-state index contributed by atoms with van der Waals surface area (Å²) in [5.74, 6) is 1.02. The van der Waals surface area contributed by atoms with E-state index < -0.39 is 5.92 Å². The van der Waals surface area contributed by atoms with Gasteiger partial charge < -0.3 is 15.2 Å². The molecule has 0 spiro atoms. The molecule has 0 radical (unpaired) electrons. The van der Waals surface area contributed by atoms with Crippen molar-refractivity contribution in [1.82, 2.24) is 10.0 Å². The van der Waals surface area contributed by atoms with E-state index in [4.69, 9.17) is 15.2 Å². The molecule has 7 heteroatoms. The molecule has 1 aliphatic heterocycles. The minimum absolute atomic E-state index is 0.0400. The van der Waals surface area contributed by atoms with Crippen LogP contribution in [-0.2, 0) is 4.79 Å². The number of hydrogen-bond acceptors (Lipinski definition) is 7. The molecule has 0 aromatic heterocycles. The van der Waals surface area contributed by atoms with Gasteiger partial charge in [-0.05, 0) is 31.0 Å². The fourth-order valence-corrected chi connectivity index (χ4v) is 3.90. The van der Waals surface area contributed by atoms with Gasteiger partial charge in [0.25, 0.3) is 0 Å². The summed E-state index contributed by atoms with van der Waals surface area (Å²) in [4.78, 5) is 13.0. The van der Waals surface area contributed by atoms with Crippen molar-refractivity contribution in [3.8, 4) is 17.6 Å². The van der Waals surface area contributed by atoms with Crippen LogP contribution in [0.25, 0.3) is 0 Å². The second-order valence-electron chi connectivity index (χ2n) is 6.75. The van der Waals surface area contributed by atoms with Gasteiger partial charge in [-0.1, -0.05) is 0 Å². The molecule has 1 atom stereocenters. The van der Waals surface area contributed by atoms with Gasteiger partial charge in [-0.25, -0.2) is 5.01 Å². The summed E-state index contributed by atoms with van der Waals surface area (Å²) in [6.07, 6.45) is 1.95. The summed E-state index contributed by atoms with van der Waals surface area (Å²) in [5, 5.41) is 13.5. The molecule has 7 nitrogen and oxygen atoms in total. The molecule has 1 heterocycles. The van der Waals surface area contributed by atoms with Crippen molar-refractivity contribution < 1.29 is 14.3 Å². The number of hydrogen-bond donors (Lipinski definition) is 1. The van der Waals surface area contributed by atoms with Gasteiger partial charge in [-0.2, -0.15) is 5.26 Å². The maximum Gasteiger partial charge on any atom is 0.161 e. The predicted molar refractivity (Wildman–Crippen MR) is 101 cm³/mol. The summed E-state index contributed by atoms with van der Waals surface area (Å²) in [7, 11) is 6.83. The molecule has 0 saturated carbocycles. The summed E-state index contributed by atoms with van der Waals surface area (Å²) in [5.41, 5.74) is 8.91. The standard InChI is InChI=1S/C20H24N4O3/c1-23(2)24-15-6-5-7-16(25)19(15)18(14(11-21)20(24)22)13-10-12(26-3)8-9-17(13)27-4/h8-10,18H,5-7,22H2,1-4H3/t18-/m1/s1. The molecule has 27 heavy (non-hydrogen) atoms. The molecule has 1 aliphatic carbocycles. The van der Waals surface area contributed by atoms with Gasteiger partial charge in [0.05, 0.1) is 31.8 Å². The molecule has 0 unspecified atom stereocenters. The molecule has 1 aromatic rings. The fourth-order valence-electron chi connectivity index (χ4n) is 3.90. The van der Waals surface area contributed by atoms with E-state index in [1.165, 1.54) is 0 Å². The average molecular weight is 368 g/mol. The average Bonchev–Trinajstić information content (AvgIpc) is 2.66. The first-order valence-corrected chi connectivity index (χ1v) is 8.79. The first-order valence-electron chi connectivity index (χ1n) is 8.79. The van der Waals surface area contributed by atoms with E-state index in [-0.39, 0.29) is 5.78 Å². The largest absolute Gasteiger partial charge is 0.497 e. The number of benzene rings is 1. The third-order valence-corrected chi connectivity index (χ3v) is 5.03. The topological polar surface area (TPSA) is 91.8 Å². The Labute approximate surface area is 159 Å². The van der Waals surface area contributed by atoms with Gasteiger partial charge in [0.2, 0.25) is 0 Å². The lowest BCUT2D eigenvalue weighted by Gasteiger charge is -2.42. The number of carbonyl (C=O) groups excluding carboxylic acids is 1. The molecular formula is C20H24N4O3. The van der Waals surface area contributed by atoms with Crippen LogP contribution in [0.1, 0.15) is 30.7 Å². The number of allylic oxidation sites excluding steroid dienone is 3. The number of ketones is 1. The zero-order valence-corrected chi connectivity index (χ0v) is 16.1. The highest BCUT2D eigenvalue weighted by molar-refractivity contribution is 6.00. The summed E-state index contributed by atoms with van der Waals surface area (Å²) in [6.45, 7) is 0. The van der Waals surface area contributed by atoms with Gasteiger partial charge in [0.15, 0.2) is 5.78 Å². The molecule has 142 valence electrons. The van der Waals surface area contributed by atoms with Crippen LogP contribution in [0.4, 0.5) is 0 Å². The Bertz CT molecular complexity index is 880. The zero-order chi connectivity index (χ0) is 19.7. The van der Waals surface area contributed by atoms with Crippen molar-refractivity contribution in [2.75, 3.05) is 28.3 Å². The molecule has 0 fully saturated rings. The van der Waals surface area contributed by atoms with Gasteiger partial charge in [0.1, 0.15) is 17.3 Å². The van der Waals surface area contributed by atoms with E-state index in [1.54, 1.807) is 36.4 Å². The van der Waals surface area contributed by atoms with Crippen molar-refractivity contribution in [3.63, 3.8) is 0 Å². The van der Waals surface area contributed by atoms with Crippen molar-refractivity contribution in [2.45, 2.75) is 25.2 Å². The smallest absolute Gasteiger partial charge is 0.161 e. The lowest BCUT2D eigenvalue weighted by Crippen LogP contribution is -2.45. The Morgan fingerprint density at radius 1 is 1.26 bits per heavy atom. The minimum Gasteiger partial charge on any atom is -0.497 e. The van der Waals surface area contributed by atoms with Crippen molar-refractivity contribution in [2.24, 2.45) is 5.73 Å². The van der Waals surface area contributed by atoms with Crippen molar-refractivity contribution in [1.29, 1.82) is 5.26 Å². The highest BCUT2D eigenvalue weighted by atomic mass is 16.5. The number of carbonyl (C=O) groups is 1. The van der Waals surface area contributed by atoms with Crippen LogP contribution >= 0.6 is 0 Å². The third kappa shape index (κ3) is 3.02. The molecule has 2 aliphatic rings. The van der Waals surface area contributed by atoms with Crippen molar-refractivity contribution >= 4 is 5.78 Å². The van der Waals surface area contributed by atoms with Gasteiger partial charge >= 0.3 is 0 Å². The second-order valence-corrected chi connectivity index (χ2v) is 6.75. The Kier molecular flexibility index (Phi) is 5.10. The van der Waals surface area contributed by atoms with Gasteiger partial charge in [0, 0.05) is 37.3 Å². The summed E-state index contributed by atoms with van der Waals surface area (Å²) in [6, 6.07) is 7.61. The zero-order valence-electron chi connectivity index (χ0n) is 16.1. The third-order valence-electron chi connectivity index (χ3n) is 5.03. The van der Waals surface area contributed by atoms with E-state index in [2.05, 4.69) is 6.07 Å². The Balaban J connectivity index is 2.32. The number of nitriles is 1. The van der Waals surface area contributed by atoms with Crippen LogP contribution in [0.15, 0.2) is 40.9 Å². The Hall–Kier alpha value is -2.98. The number of rotatable bonds is 4. The monoisotopic (exact) mass is 368 g/mol. The fraction of sp³-hybridized carbons (Fsp3) is 0.400. The van der Waals surface area contributed by atoms with Gasteiger partial charge in [-0.3, -0.25) is 9.80 Å². The van der Waals surface area contributed by atoms with Crippen LogP contribution in [0, 0.1) is 11.3 Å². The number of methoxy groups -OCH3 is 2. The maximum atomic E-state index is 13.0. The van der Waals surface area contributed by atoms with E-state index in [0.717, 1.165) is 18.5 Å². The highest BCUT2D eigenvalue weighted by Crippen LogP contribution is 2.47. The first kappa shape index (κ1) is 18.8. The number of hydrazine groups is 1. The van der Waals surface area contributed by atoms with Crippen molar-refractivity contribution in [3.05, 3.63) is 46.4 Å². The maximum absolute atomic E-state index is 13.0. The van der Waals surface area contributed by atoms with Gasteiger partial charge in [-0.15, -0.1) is 0 Å². The minimum atomic E-state index is -0.570. The number of nitrogens with two attached hydrogens (primary N) is 1. The van der Waals surface area contributed by atoms with E-state index in [0.29, 0.717) is 40.5 Å². The summed E-state index contributed by atoms with van der Waals surface area (Å²) >= 11 is 0. The lowest BCUT2D eigenvalue weighted by molar-refractivity contribution is -0.116. The molecule has 3 rings (SSSR count). The first-order chi connectivity index (χ1) is 12.9.